The second-order valence-electron chi connectivity index (χ2n) is 5.60. The van der Waals surface area contributed by atoms with Crippen LogP contribution in [0.25, 0.3) is 11.0 Å². The third-order valence-electron chi connectivity index (χ3n) is 4.39. The van der Waals surface area contributed by atoms with E-state index in [2.05, 4.69) is 39.9 Å². The van der Waals surface area contributed by atoms with Crippen molar-refractivity contribution in [3.05, 3.63) is 63.4 Å². The van der Waals surface area contributed by atoms with E-state index in [4.69, 9.17) is 23.8 Å². The molecule has 0 saturated carbocycles. The summed E-state index contributed by atoms with van der Waals surface area (Å²) in [6, 6.07) is 15.1. The predicted octanol–water partition coefficient (Wildman–Crippen LogP) is 5.08. The van der Waals surface area contributed by atoms with Crippen LogP contribution in [0.5, 0.6) is 0 Å². The van der Waals surface area contributed by atoms with E-state index in [0.29, 0.717) is 6.04 Å². The van der Waals surface area contributed by atoms with Crippen molar-refractivity contribution in [1.29, 1.82) is 0 Å². The molecule has 4 heteroatoms. The molecule has 0 amide bonds. The van der Waals surface area contributed by atoms with Gasteiger partial charge in [-0.25, -0.2) is 0 Å². The molecule has 1 aromatic heterocycles. The van der Waals surface area contributed by atoms with Gasteiger partial charge in [0, 0.05) is 6.04 Å². The van der Waals surface area contributed by atoms with Crippen LogP contribution in [0.2, 0.25) is 5.02 Å². The fourth-order valence-electron chi connectivity index (χ4n) is 3.38. The van der Waals surface area contributed by atoms with Gasteiger partial charge in [0.15, 0.2) is 4.77 Å². The SMILES string of the molecule is S=c1[nH]c2c(Cl)cccc2n1C1CCc2ccccc2C1. The van der Waals surface area contributed by atoms with Crippen LogP contribution in [0.4, 0.5) is 0 Å². The summed E-state index contributed by atoms with van der Waals surface area (Å²) in [7, 11) is 0. The van der Waals surface area contributed by atoms with E-state index in [-0.39, 0.29) is 0 Å². The Morgan fingerprint density at radius 2 is 1.90 bits per heavy atom. The van der Waals surface area contributed by atoms with Crippen molar-refractivity contribution < 1.29 is 0 Å². The van der Waals surface area contributed by atoms with Gasteiger partial charge in [-0.15, -0.1) is 0 Å². The molecule has 1 aliphatic rings. The number of aromatic nitrogens is 2. The van der Waals surface area contributed by atoms with Gasteiger partial charge in [0.2, 0.25) is 0 Å². The normalized spacial score (nSPS) is 17.9. The maximum atomic E-state index is 6.27. The third-order valence-corrected chi connectivity index (χ3v) is 5.00. The smallest absolute Gasteiger partial charge is 0.178 e. The molecule has 21 heavy (non-hydrogen) atoms. The number of aryl methyl sites for hydroxylation is 1. The Hall–Kier alpha value is -1.58. The number of nitrogens with one attached hydrogen (secondary N) is 1. The average molecular weight is 315 g/mol. The number of H-pyrrole nitrogens is 1. The first kappa shape index (κ1) is 13.1. The van der Waals surface area contributed by atoms with E-state index in [1.54, 1.807) is 0 Å². The zero-order chi connectivity index (χ0) is 14.4. The number of fused-ring (bicyclic) bond motifs is 2. The Bertz CT molecular complexity index is 878. The van der Waals surface area contributed by atoms with Crippen molar-refractivity contribution in [2.75, 3.05) is 0 Å². The maximum absolute atomic E-state index is 6.27. The van der Waals surface area contributed by atoms with E-state index >= 15 is 0 Å². The van der Waals surface area contributed by atoms with Crippen molar-refractivity contribution in [3.8, 4) is 0 Å². The Balaban J connectivity index is 1.84. The number of aromatic amines is 1. The lowest BCUT2D eigenvalue weighted by Gasteiger charge is -2.26. The molecule has 0 aliphatic heterocycles. The summed E-state index contributed by atoms with van der Waals surface area (Å²) in [6.45, 7) is 0. The lowest BCUT2D eigenvalue weighted by atomic mass is 9.88. The molecule has 0 fully saturated rings. The van der Waals surface area contributed by atoms with Gasteiger partial charge in [0.05, 0.1) is 16.1 Å². The summed E-state index contributed by atoms with van der Waals surface area (Å²) < 4.78 is 3.01. The molecule has 1 N–H and O–H groups in total. The van der Waals surface area contributed by atoms with Gasteiger partial charge in [-0.3, -0.25) is 0 Å². The van der Waals surface area contributed by atoms with E-state index in [0.717, 1.165) is 40.1 Å². The molecule has 1 aliphatic carbocycles. The standard InChI is InChI=1S/C17H15ClN2S/c18-14-6-3-7-15-16(14)19-17(21)20(15)13-9-8-11-4-1-2-5-12(11)10-13/h1-7,13H,8-10H2,(H,19,21). The highest BCUT2D eigenvalue weighted by Gasteiger charge is 2.22. The Kier molecular flexibility index (Phi) is 3.12. The van der Waals surface area contributed by atoms with Crippen LogP contribution in [-0.2, 0) is 12.8 Å². The lowest BCUT2D eigenvalue weighted by Crippen LogP contribution is -2.18. The fourth-order valence-corrected chi connectivity index (χ4v) is 3.94. The Morgan fingerprint density at radius 3 is 2.76 bits per heavy atom. The molecule has 2 aromatic carbocycles. The second-order valence-corrected chi connectivity index (χ2v) is 6.39. The summed E-state index contributed by atoms with van der Waals surface area (Å²) in [5.41, 5.74) is 4.96. The molecular formula is C17H15ClN2S. The van der Waals surface area contributed by atoms with Crippen molar-refractivity contribution in [3.63, 3.8) is 0 Å². The molecule has 3 aromatic rings. The summed E-state index contributed by atoms with van der Waals surface area (Å²) in [6.07, 6.45) is 3.25. The fraction of sp³-hybridized carbons (Fsp3) is 0.235. The van der Waals surface area contributed by atoms with Gasteiger partial charge in [-0.05, 0) is 54.7 Å². The molecule has 2 nitrogen and oxygen atoms in total. The van der Waals surface area contributed by atoms with Gasteiger partial charge in [-0.2, -0.15) is 0 Å². The van der Waals surface area contributed by atoms with Crippen LogP contribution >= 0.6 is 23.8 Å². The molecule has 106 valence electrons. The van der Waals surface area contributed by atoms with E-state index in [9.17, 15) is 0 Å². The van der Waals surface area contributed by atoms with Crippen molar-refractivity contribution >= 4 is 34.9 Å². The Morgan fingerprint density at radius 1 is 1.10 bits per heavy atom. The minimum atomic E-state index is 0.402. The lowest BCUT2D eigenvalue weighted by molar-refractivity contribution is 0.448. The highest BCUT2D eigenvalue weighted by atomic mass is 35.5. The highest BCUT2D eigenvalue weighted by molar-refractivity contribution is 7.71. The summed E-state index contributed by atoms with van der Waals surface area (Å²) in [4.78, 5) is 3.26. The number of rotatable bonds is 1. The van der Waals surface area contributed by atoms with Crippen molar-refractivity contribution in [2.24, 2.45) is 0 Å². The first-order valence-corrected chi connectivity index (χ1v) is 7.98. The zero-order valence-electron chi connectivity index (χ0n) is 11.5. The molecule has 0 radical (unpaired) electrons. The summed E-state index contributed by atoms with van der Waals surface area (Å²) >= 11 is 11.8. The number of hydrogen-bond acceptors (Lipinski definition) is 1. The molecule has 1 unspecified atom stereocenters. The van der Waals surface area contributed by atoms with Crippen LogP contribution in [0, 0.1) is 4.77 Å². The number of imidazole rings is 1. The van der Waals surface area contributed by atoms with Crippen LogP contribution in [0.1, 0.15) is 23.6 Å². The first-order valence-electron chi connectivity index (χ1n) is 7.19. The number of para-hydroxylation sites is 1. The van der Waals surface area contributed by atoms with Crippen molar-refractivity contribution in [1.82, 2.24) is 9.55 Å². The molecular weight excluding hydrogens is 300 g/mol. The van der Waals surface area contributed by atoms with Gasteiger partial charge < -0.3 is 9.55 Å². The molecule has 0 saturated heterocycles. The predicted molar refractivity (Wildman–Crippen MR) is 89.6 cm³/mol. The van der Waals surface area contributed by atoms with Crippen LogP contribution in [0.15, 0.2) is 42.5 Å². The van der Waals surface area contributed by atoms with Crippen LogP contribution in [-0.4, -0.2) is 9.55 Å². The van der Waals surface area contributed by atoms with Gasteiger partial charge in [-0.1, -0.05) is 41.9 Å². The molecule has 1 atom stereocenters. The minimum absolute atomic E-state index is 0.402. The van der Waals surface area contributed by atoms with Gasteiger partial charge in [0.25, 0.3) is 0 Å². The third kappa shape index (κ3) is 2.12. The number of benzene rings is 2. The van der Waals surface area contributed by atoms with Gasteiger partial charge >= 0.3 is 0 Å². The number of halogens is 1. The van der Waals surface area contributed by atoms with Crippen molar-refractivity contribution in [2.45, 2.75) is 25.3 Å². The topological polar surface area (TPSA) is 20.7 Å². The highest BCUT2D eigenvalue weighted by Crippen LogP contribution is 2.33. The molecule has 0 spiro atoms. The zero-order valence-corrected chi connectivity index (χ0v) is 13.0. The van der Waals surface area contributed by atoms with E-state index < -0.39 is 0 Å². The maximum Gasteiger partial charge on any atom is 0.178 e. The van der Waals surface area contributed by atoms with Gasteiger partial charge in [0.1, 0.15) is 0 Å². The average Bonchev–Trinajstić information content (AvgIpc) is 2.84. The summed E-state index contributed by atoms with van der Waals surface area (Å²) in [5.74, 6) is 0. The monoisotopic (exact) mass is 314 g/mol. The molecule has 4 rings (SSSR count). The Labute approximate surface area is 133 Å². The number of nitrogens with zero attached hydrogens (tertiary/aromatic N) is 1. The van der Waals surface area contributed by atoms with E-state index in [1.165, 1.54) is 11.1 Å². The second kappa shape index (κ2) is 5.00. The molecule has 0 bridgehead atoms. The van der Waals surface area contributed by atoms with E-state index in [1.807, 2.05) is 12.1 Å². The number of hydrogen-bond donors (Lipinski definition) is 1. The first-order chi connectivity index (χ1) is 10.2. The molecule has 1 heterocycles. The quantitative estimate of drug-likeness (QED) is 0.621. The summed E-state index contributed by atoms with van der Waals surface area (Å²) in [5, 5.41) is 0.730. The van der Waals surface area contributed by atoms with Crippen LogP contribution in [0.3, 0.4) is 0 Å². The van der Waals surface area contributed by atoms with Crippen LogP contribution < -0.4 is 0 Å². The largest absolute Gasteiger partial charge is 0.329 e. The minimum Gasteiger partial charge on any atom is -0.329 e.